The van der Waals surface area contributed by atoms with E-state index in [9.17, 15) is 4.79 Å². The van der Waals surface area contributed by atoms with Crippen molar-refractivity contribution in [2.45, 2.75) is 45.1 Å². The number of benzene rings is 2. The van der Waals surface area contributed by atoms with Gasteiger partial charge >= 0.3 is 0 Å². The van der Waals surface area contributed by atoms with Gasteiger partial charge in [-0.1, -0.05) is 44.2 Å². The Hall–Kier alpha value is -2.60. The lowest BCUT2D eigenvalue weighted by Crippen LogP contribution is -2.41. The summed E-state index contributed by atoms with van der Waals surface area (Å²) in [5, 5.41) is 0.681. The topological polar surface area (TPSA) is 51.7 Å². The fourth-order valence-corrected chi connectivity index (χ4v) is 4.54. The van der Waals surface area contributed by atoms with Crippen LogP contribution in [0.15, 0.2) is 42.5 Å². The maximum atomic E-state index is 12.9. The molecule has 0 spiro atoms. The lowest BCUT2D eigenvalue weighted by molar-refractivity contribution is 0.0595. The number of fused-ring (bicyclic) bond motifs is 1. The average Bonchev–Trinajstić information content (AvgIpc) is 3.14. The zero-order valence-electron chi connectivity index (χ0n) is 18.0. The Kier molecular flexibility index (Phi) is 5.69. The van der Waals surface area contributed by atoms with Crippen molar-refractivity contribution in [3.05, 3.63) is 53.6 Å². The Labute approximate surface area is 181 Å². The molecule has 0 atom stereocenters. The largest absolute Gasteiger partial charge is 0.497 e. The number of amides is 1. The van der Waals surface area contributed by atoms with Gasteiger partial charge in [-0.05, 0) is 35.2 Å². The predicted octanol–water partition coefficient (Wildman–Crippen LogP) is 5.29. The molecule has 1 aromatic heterocycles. The van der Waals surface area contributed by atoms with Gasteiger partial charge in [-0.3, -0.25) is 4.79 Å². The van der Waals surface area contributed by atoms with Crippen LogP contribution in [0.4, 0.5) is 0 Å². The van der Waals surface area contributed by atoms with Crippen LogP contribution in [0, 0.1) is 0 Å². The summed E-state index contributed by atoms with van der Waals surface area (Å²) in [5.41, 5.74) is 2.96. The van der Waals surface area contributed by atoms with E-state index in [0.717, 1.165) is 34.4 Å². The van der Waals surface area contributed by atoms with E-state index in [1.807, 2.05) is 35.2 Å². The summed E-state index contributed by atoms with van der Waals surface area (Å²) in [4.78, 5) is 19.4. The van der Waals surface area contributed by atoms with Gasteiger partial charge in [0.05, 0.1) is 17.3 Å². The number of rotatable bonds is 4. The molecule has 0 saturated carbocycles. The standard InChI is InChI=1S/C24H28N2O3S/c1-24(2,3)17-7-5-16(6-8-17)22(27)26-13-11-18(12-14-26)29-23-25-20-15-19(28-4)9-10-21(20)30-23/h5-10,15,18H,11-14H2,1-4H3. The van der Waals surface area contributed by atoms with Crippen molar-refractivity contribution in [1.82, 2.24) is 9.88 Å². The molecule has 2 heterocycles. The molecule has 4 rings (SSSR count). The van der Waals surface area contributed by atoms with E-state index >= 15 is 0 Å². The minimum atomic E-state index is 0.0831. The number of hydrogen-bond acceptors (Lipinski definition) is 5. The number of aromatic nitrogens is 1. The molecule has 6 heteroatoms. The Bertz CT molecular complexity index is 1030. The van der Waals surface area contributed by atoms with Crippen LogP contribution < -0.4 is 9.47 Å². The molecule has 30 heavy (non-hydrogen) atoms. The van der Waals surface area contributed by atoms with Crippen LogP contribution in [-0.4, -0.2) is 42.1 Å². The summed E-state index contributed by atoms with van der Waals surface area (Å²) in [6, 6.07) is 13.9. The van der Waals surface area contributed by atoms with Crippen LogP contribution in [0.2, 0.25) is 0 Å². The Balaban J connectivity index is 1.35. The molecule has 158 valence electrons. The molecule has 0 unspecified atom stereocenters. The SMILES string of the molecule is COc1ccc2sc(OC3CCN(C(=O)c4ccc(C(C)(C)C)cc4)CC3)nc2c1. The van der Waals surface area contributed by atoms with Crippen LogP contribution in [0.1, 0.15) is 49.5 Å². The summed E-state index contributed by atoms with van der Waals surface area (Å²) in [6.45, 7) is 7.93. The summed E-state index contributed by atoms with van der Waals surface area (Å²) in [6.07, 6.45) is 1.70. The number of carbonyl (C=O) groups is 1. The number of carbonyl (C=O) groups excluding carboxylic acids is 1. The second-order valence-corrected chi connectivity index (χ2v) is 9.74. The van der Waals surface area contributed by atoms with Crippen molar-refractivity contribution in [2.24, 2.45) is 0 Å². The summed E-state index contributed by atoms with van der Waals surface area (Å²) >= 11 is 1.55. The van der Waals surface area contributed by atoms with Crippen molar-refractivity contribution in [1.29, 1.82) is 0 Å². The molecular weight excluding hydrogens is 396 g/mol. The van der Waals surface area contributed by atoms with Gasteiger partial charge in [0, 0.05) is 37.6 Å². The van der Waals surface area contributed by atoms with Gasteiger partial charge in [-0.15, -0.1) is 0 Å². The summed E-state index contributed by atoms with van der Waals surface area (Å²) < 4.78 is 12.5. The van der Waals surface area contributed by atoms with Crippen LogP contribution in [0.25, 0.3) is 10.2 Å². The predicted molar refractivity (Wildman–Crippen MR) is 121 cm³/mol. The van der Waals surface area contributed by atoms with E-state index in [4.69, 9.17) is 9.47 Å². The molecule has 3 aromatic rings. The second kappa shape index (κ2) is 8.26. The minimum Gasteiger partial charge on any atom is -0.497 e. The van der Waals surface area contributed by atoms with Crippen LogP contribution in [0.5, 0.6) is 10.9 Å². The molecule has 1 aliphatic heterocycles. The number of hydrogen-bond donors (Lipinski definition) is 0. The number of thiazole rings is 1. The molecule has 1 amide bonds. The van der Waals surface area contributed by atoms with Crippen molar-refractivity contribution in [3.8, 4) is 10.9 Å². The highest BCUT2D eigenvalue weighted by Gasteiger charge is 2.26. The van der Waals surface area contributed by atoms with Crippen LogP contribution >= 0.6 is 11.3 Å². The highest BCUT2D eigenvalue weighted by molar-refractivity contribution is 7.20. The van der Waals surface area contributed by atoms with E-state index < -0.39 is 0 Å². The number of methoxy groups -OCH3 is 1. The van der Waals surface area contributed by atoms with Gasteiger partial charge in [-0.2, -0.15) is 0 Å². The van der Waals surface area contributed by atoms with Crippen molar-refractivity contribution >= 4 is 27.5 Å². The zero-order chi connectivity index (χ0) is 21.3. The van der Waals surface area contributed by atoms with Gasteiger partial charge < -0.3 is 14.4 Å². The average molecular weight is 425 g/mol. The molecule has 1 aliphatic rings. The minimum absolute atomic E-state index is 0.0831. The quantitative estimate of drug-likeness (QED) is 0.571. The van der Waals surface area contributed by atoms with E-state index in [0.29, 0.717) is 18.3 Å². The Morgan fingerprint density at radius 1 is 1.10 bits per heavy atom. The Morgan fingerprint density at radius 2 is 1.80 bits per heavy atom. The monoisotopic (exact) mass is 424 g/mol. The van der Waals surface area contributed by atoms with Gasteiger partial charge in [0.15, 0.2) is 0 Å². The molecular formula is C24H28N2O3S. The zero-order valence-corrected chi connectivity index (χ0v) is 18.8. The van der Waals surface area contributed by atoms with Crippen LogP contribution in [0.3, 0.4) is 0 Å². The van der Waals surface area contributed by atoms with E-state index in [1.54, 1.807) is 18.4 Å². The molecule has 1 fully saturated rings. The smallest absolute Gasteiger partial charge is 0.274 e. The molecule has 0 N–H and O–H groups in total. The number of likely N-dealkylation sites (tertiary alicyclic amines) is 1. The number of ether oxygens (including phenoxy) is 2. The van der Waals surface area contributed by atoms with Gasteiger partial charge in [0.2, 0.25) is 0 Å². The molecule has 0 radical (unpaired) electrons. The first-order valence-corrected chi connectivity index (χ1v) is 11.2. The normalized spacial score (nSPS) is 15.4. The van der Waals surface area contributed by atoms with Crippen LogP contribution in [-0.2, 0) is 5.41 Å². The van der Waals surface area contributed by atoms with Crippen molar-refractivity contribution < 1.29 is 14.3 Å². The van der Waals surface area contributed by atoms with Crippen molar-refractivity contribution in [3.63, 3.8) is 0 Å². The fraction of sp³-hybridized carbons (Fsp3) is 0.417. The van der Waals surface area contributed by atoms with Gasteiger partial charge in [0.1, 0.15) is 11.9 Å². The lowest BCUT2D eigenvalue weighted by Gasteiger charge is -2.31. The Morgan fingerprint density at radius 3 is 2.43 bits per heavy atom. The molecule has 0 aliphatic carbocycles. The lowest BCUT2D eigenvalue weighted by atomic mass is 9.86. The van der Waals surface area contributed by atoms with Gasteiger partial charge in [-0.25, -0.2) is 4.98 Å². The maximum absolute atomic E-state index is 12.9. The maximum Gasteiger partial charge on any atom is 0.274 e. The third-order valence-corrected chi connectivity index (χ3v) is 6.50. The van der Waals surface area contributed by atoms with E-state index in [1.165, 1.54) is 5.56 Å². The molecule has 5 nitrogen and oxygen atoms in total. The number of nitrogens with zero attached hydrogens (tertiary/aromatic N) is 2. The first kappa shape index (κ1) is 20.7. The second-order valence-electron chi connectivity index (χ2n) is 8.75. The summed E-state index contributed by atoms with van der Waals surface area (Å²) in [5.74, 6) is 0.891. The first-order chi connectivity index (χ1) is 14.3. The van der Waals surface area contributed by atoms with Crippen molar-refractivity contribution in [2.75, 3.05) is 20.2 Å². The van der Waals surface area contributed by atoms with E-state index in [-0.39, 0.29) is 17.4 Å². The number of piperidine rings is 1. The summed E-state index contributed by atoms with van der Waals surface area (Å²) in [7, 11) is 1.65. The molecule has 2 aromatic carbocycles. The molecule has 0 bridgehead atoms. The van der Waals surface area contributed by atoms with E-state index in [2.05, 4.69) is 37.9 Å². The fourth-order valence-electron chi connectivity index (χ4n) is 3.68. The highest BCUT2D eigenvalue weighted by atomic mass is 32.1. The molecule has 1 saturated heterocycles. The van der Waals surface area contributed by atoms with Gasteiger partial charge in [0.25, 0.3) is 11.1 Å². The third-order valence-electron chi connectivity index (χ3n) is 5.57. The third kappa shape index (κ3) is 4.43. The first-order valence-electron chi connectivity index (χ1n) is 10.3. The highest BCUT2D eigenvalue weighted by Crippen LogP contribution is 2.32.